The van der Waals surface area contributed by atoms with Crippen molar-refractivity contribution < 1.29 is 4.79 Å². The highest BCUT2D eigenvalue weighted by molar-refractivity contribution is 5.83. The molecule has 0 aromatic carbocycles. The summed E-state index contributed by atoms with van der Waals surface area (Å²) in [7, 11) is 4.02. The Balaban J connectivity index is 2.30. The zero-order valence-electron chi connectivity index (χ0n) is 8.00. The van der Waals surface area contributed by atoms with E-state index in [-0.39, 0.29) is 11.9 Å². The van der Waals surface area contributed by atoms with Gasteiger partial charge in [-0.2, -0.15) is 0 Å². The van der Waals surface area contributed by atoms with Gasteiger partial charge in [0.15, 0.2) is 0 Å². The van der Waals surface area contributed by atoms with Crippen LogP contribution >= 0.6 is 0 Å². The topological polar surface area (TPSA) is 35.6 Å². The molecule has 0 spiro atoms. The van der Waals surface area contributed by atoms with E-state index in [1.807, 2.05) is 25.9 Å². The molecule has 12 heavy (non-hydrogen) atoms. The summed E-state index contributed by atoms with van der Waals surface area (Å²) in [5.41, 5.74) is 0. The molecule has 0 radical (unpaired) electrons. The predicted molar refractivity (Wildman–Crippen MR) is 47.7 cm³/mol. The molecule has 4 nitrogen and oxygen atoms in total. The summed E-state index contributed by atoms with van der Waals surface area (Å²) in [5.74, 6) is 0.219. The summed E-state index contributed by atoms with van der Waals surface area (Å²) in [6.45, 7) is 4.36. The van der Waals surface area contributed by atoms with Gasteiger partial charge < -0.3 is 9.80 Å². The van der Waals surface area contributed by atoms with Gasteiger partial charge in [-0.1, -0.05) is 0 Å². The van der Waals surface area contributed by atoms with E-state index in [9.17, 15) is 4.79 Å². The first kappa shape index (κ1) is 9.48. The molecule has 1 amide bonds. The van der Waals surface area contributed by atoms with Crippen molar-refractivity contribution in [1.82, 2.24) is 15.1 Å². The van der Waals surface area contributed by atoms with Crippen molar-refractivity contribution in [3.63, 3.8) is 0 Å². The van der Waals surface area contributed by atoms with Gasteiger partial charge in [-0.05, 0) is 21.0 Å². The summed E-state index contributed by atoms with van der Waals surface area (Å²) in [5, 5.41) is 3.10. The predicted octanol–water partition coefficient (Wildman–Crippen LogP) is -0.674. The van der Waals surface area contributed by atoms with Crippen LogP contribution in [0.5, 0.6) is 0 Å². The van der Waals surface area contributed by atoms with Crippen LogP contribution in [0, 0.1) is 0 Å². The number of hydrogen-bond donors (Lipinski definition) is 1. The Hall–Kier alpha value is -0.610. The fourth-order valence-corrected chi connectivity index (χ4v) is 1.20. The Morgan fingerprint density at radius 3 is 2.75 bits per heavy atom. The molecule has 70 valence electrons. The van der Waals surface area contributed by atoms with Crippen molar-refractivity contribution in [1.29, 1.82) is 0 Å². The van der Waals surface area contributed by atoms with Crippen molar-refractivity contribution in [2.24, 2.45) is 0 Å². The van der Waals surface area contributed by atoms with Gasteiger partial charge in [-0.3, -0.25) is 10.1 Å². The quantitative estimate of drug-likeness (QED) is 0.611. The number of carbonyl (C=O) groups excluding carboxylic acids is 1. The molecule has 0 aromatic heterocycles. The summed E-state index contributed by atoms with van der Waals surface area (Å²) in [4.78, 5) is 15.3. The number of nitrogens with zero attached hydrogens (tertiary/aromatic N) is 2. The van der Waals surface area contributed by atoms with Crippen LogP contribution < -0.4 is 5.32 Å². The summed E-state index contributed by atoms with van der Waals surface area (Å²) < 4.78 is 0. The highest BCUT2D eigenvalue weighted by Gasteiger charge is 2.26. The summed E-state index contributed by atoms with van der Waals surface area (Å²) in [6.07, 6.45) is 0. The van der Waals surface area contributed by atoms with E-state index in [0.29, 0.717) is 6.67 Å². The molecule has 1 fully saturated rings. The minimum Gasteiger partial charge on any atom is -0.327 e. The van der Waals surface area contributed by atoms with Crippen molar-refractivity contribution in [3.8, 4) is 0 Å². The molecule has 1 aliphatic rings. The molecule has 1 rings (SSSR count). The van der Waals surface area contributed by atoms with E-state index in [4.69, 9.17) is 0 Å². The number of nitrogens with one attached hydrogen (secondary N) is 1. The third-order valence-electron chi connectivity index (χ3n) is 2.09. The van der Waals surface area contributed by atoms with Gasteiger partial charge in [0.25, 0.3) is 0 Å². The molecule has 0 bridgehead atoms. The third kappa shape index (κ3) is 2.19. The van der Waals surface area contributed by atoms with Gasteiger partial charge in [0.2, 0.25) is 5.91 Å². The Kier molecular flexibility index (Phi) is 3.05. The number of hydrogen-bond acceptors (Lipinski definition) is 3. The van der Waals surface area contributed by atoms with E-state index < -0.39 is 0 Å². The van der Waals surface area contributed by atoms with E-state index in [1.165, 1.54) is 0 Å². The molecule has 1 aliphatic heterocycles. The zero-order chi connectivity index (χ0) is 9.14. The second-order valence-electron chi connectivity index (χ2n) is 3.49. The highest BCUT2D eigenvalue weighted by Crippen LogP contribution is 2.01. The summed E-state index contributed by atoms with van der Waals surface area (Å²) >= 11 is 0. The maximum absolute atomic E-state index is 11.4. The SMILES string of the molecule is C[C@@H]1NCN(CCN(C)C)C1=O. The Bertz CT molecular complexity index is 170. The second kappa shape index (κ2) is 3.87. The molecule has 0 aromatic rings. The first-order valence-electron chi connectivity index (χ1n) is 4.28. The van der Waals surface area contributed by atoms with Crippen molar-refractivity contribution in [2.75, 3.05) is 33.9 Å². The third-order valence-corrected chi connectivity index (χ3v) is 2.09. The average Bonchev–Trinajstić information content (AvgIpc) is 2.30. The van der Waals surface area contributed by atoms with Gasteiger partial charge >= 0.3 is 0 Å². The smallest absolute Gasteiger partial charge is 0.240 e. The zero-order valence-corrected chi connectivity index (χ0v) is 8.00. The monoisotopic (exact) mass is 171 g/mol. The van der Waals surface area contributed by atoms with E-state index in [1.54, 1.807) is 0 Å². The number of carbonyl (C=O) groups is 1. The fourth-order valence-electron chi connectivity index (χ4n) is 1.20. The van der Waals surface area contributed by atoms with Gasteiger partial charge in [-0.25, -0.2) is 0 Å². The summed E-state index contributed by atoms with van der Waals surface area (Å²) in [6, 6.07) is 0.00663. The Morgan fingerprint density at radius 1 is 1.67 bits per heavy atom. The maximum Gasteiger partial charge on any atom is 0.240 e. The Morgan fingerprint density at radius 2 is 2.33 bits per heavy atom. The number of rotatable bonds is 3. The van der Waals surface area contributed by atoms with Crippen LogP contribution in [0.15, 0.2) is 0 Å². The number of amides is 1. The van der Waals surface area contributed by atoms with E-state index in [2.05, 4.69) is 10.2 Å². The van der Waals surface area contributed by atoms with E-state index in [0.717, 1.165) is 13.1 Å². The molecule has 1 saturated heterocycles. The molecule has 0 saturated carbocycles. The molecular weight excluding hydrogens is 154 g/mol. The molecule has 1 N–H and O–H groups in total. The minimum absolute atomic E-state index is 0.00663. The first-order chi connectivity index (χ1) is 5.61. The largest absolute Gasteiger partial charge is 0.327 e. The van der Waals surface area contributed by atoms with Crippen LogP contribution in [0.4, 0.5) is 0 Å². The molecule has 1 atom stereocenters. The van der Waals surface area contributed by atoms with Gasteiger partial charge in [-0.15, -0.1) is 0 Å². The number of likely N-dealkylation sites (N-methyl/N-ethyl adjacent to an activating group) is 1. The van der Waals surface area contributed by atoms with Crippen molar-refractivity contribution >= 4 is 5.91 Å². The van der Waals surface area contributed by atoms with Crippen LogP contribution in [-0.2, 0) is 4.79 Å². The van der Waals surface area contributed by atoms with Crippen LogP contribution in [0.2, 0.25) is 0 Å². The first-order valence-corrected chi connectivity index (χ1v) is 4.28. The lowest BCUT2D eigenvalue weighted by Crippen LogP contribution is -2.34. The molecule has 0 aliphatic carbocycles. The highest BCUT2D eigenvalue weighted by atomic mass is 16.2. The lowest BCUT2D eigenvalue weighted by atomic mass is 10.3. The maximum atomic E-state index is 11.4. The lowest BCUT2D eigenvalue weighted by Gasteiger charge is -2.17. The standard InChI is InChI=1S/C8H17N3O/c1-7-8(12)11(6-9-7)5-4-10(2)3/h7,9H,4-6H2,1-3H3/t7-/m0/s1. The van der Waals surface area contributed by atoms with Crippen molar-refractivity contribution in [3.05, 3.63) is 0 Å². The lowest BCUT2D eigenvalue weighted by molar-refractivity contribution is -0.128. The normalized spacial score (nSPS) is 24.2. The van der Waals surface area contributed by atoms with E-state index >= 15 is 0 Å². The fraction of sp³-hybridized carbons (Fsp3) is 0.875. The minimum atomic E-state index is 0.00663. The molecule has 4 heteroatoms. The average molecular weight is 171 g/mol. The van der Waals surface area contributed by atoms with Gasteiger partial charge in [0.1, 0.15) is 0 Å². The van der Waals surface area contributed by atoms with Gasteiger partial charge in [0.05, 0.1) is 12.7 Å². The van der Waals surface area contributed by atoms with Crippen LogP contribution in [0.25, 0.3) is 0 Å². The van der Waals surface area contributed by atoms with Crippen LogP contribution in [0.3, 0.4) is 0 Å². The van der Waals surface area contributed by atoms with Crippen molar-refractivity contribution in [2.45, 2.75) is 13.0 Å². The molecular formula is C8H17N3O. The van der Waals surface area contributed by atoms with Crippen LogP contribution in [0.1, 0.15) is 6.92 Å². The Labute approximate surface area is 73.5 Å². The molecule has 0 unspecified atom stereocenters. The van der Waals surface area contributed by atoms with Gasteiger partial charge in [0, 0.05) is 13.1 Å². The molecule has 1 heterocycles. The van der Waals surface area contributed by atoms with Crippen LogP contribution in [-0.4, -0.2) is 55.6 Å². The second-order valence-corrected chi connectivity index (χ2v) is 3.49.